The topological polar surface area (TPSA) is 30.5 Å². The van der Waals surface area contributed by atoms with E-state index >= 15 is 0 Å². The lowest BCUT2D eigenvalue weighted by atomic mass is 9.99. The van der Waals surface area contributed by atoms with E-state index in [0.717, 1.165) is 12.3 Å². The Morgan fingerprint density at radius 1 is 1.27 bits per heavy atom. The number of ether oxygens (including phenoxy) is 2. The fourth-order valence-electron chi connectivity index (χ4n) is 1.71. The summed E-state index contributed by atoms with van der Waals surface area (Å²) in [4.78, 5) is 0. The summed E-state index contributed by atoms with van der Waals surface area (Å²) in [7, 11) is 5.36. The molecule has 0 aliphatic carbocycles. The van der Waals surface area contributed by atoms with Gasteiger partial charge in [-0.1, -0.05) is 18.2 Å². The second kappa shape index (κ2) is 6.43. The first-order valence-corrected chi connectivity index (χ1v) is 5.10. The molecule has 1 aromatic rings. The van der Waals surface area contributed by atoms with Crippen LogP contribution in [0.1, 0.15) is 11.5 Å². The van der Waals surface area contributed by atoms with Crippen LogP contribution in [-0.4, -0.2) is 34.4 Å². The highest BCUT2D eigenvalue weighted by molar-refractivity contribution is 5.36. The number of nitrogens with one attached hydrogen (secondary N) is 1. The molecule has 1 aromatic carbocycles. The fraction of sp³-hybridized carbons (Fsp3) is 0.500. The van der Waals surface area contributed by atoms with Crippen LogP contribution in [0, 0.1) is 0 Å². The second-order valence-corrected chi connectivity index (χ2v) is 3.45. The summed E-state index contributed by atoms with van der Waals surface area (Å²) in [5, 5.41) is 3.17. The molecule has 0 aliphatic rings. The zero-order valence-corrected chi connectivity index (χ0v) is 9.62. The van der Waals surface area contributed by atoms with E-state index in [2.05, 4.69) is 11.4 Å². The Hall–Kier alpha value is -1.06. The predicted molar refractivity (Wildman–Crippen MR) is 61.5 cm³/mol. The smallest absolute Gasteiger partial charge is 0.122 e. The van der Waals surface area contributed by atoms with Gasteiger partial charge < -0.3 is 14.8 Å². The van der Waals surface area contributed by atoms with Crippen LogP contribution < -0.4 is 10.1 Å². The van der Waals surface area contributed by atoms with E-state index in [1.165, 1.54) is 5.56 Å². The lowest BCUT2D eigenvalue weighted by molar-refractivity contribution is 0.177. The summed E-state index contributed by atoms with van der Waals surface area (Å²) >= 11 is 0. The Balaban J connectivity index is 2.88. The summed E-state index contributed by atoms with van der Waals surface area (Å²) < 4.78 is 10.6. The van der Waals surface area contributed by atoms with Gasteiger partial charge in [-0.2, -0.15) is 0 Å². The van der Waals surface area contributed by atoms with Crippen LogP contribution in [0.15, 0.2) is 24.3 Å². The van der Waals surface area contributed by atoms with Crippen LogP contribution in [0.5, 0.6) is 5.75 Å². The first-order chi connectivity index (χ1) is 7.33. The van der Waals surface area contributed by atoms with E-state index in [-0.39, 0.29) is 0 Å². The van der Waals surface area contributed by atoms with Crippen molar-refractivity contribution in [3.8, 4) is 5.75 Å². The van der Waals surface area contributed by atoms with Gasteiger partial charge in [0.25, 0.3) is 0 Å². The Bertz CT molecular complexity index is 283. The lowest BCUT2D eigenvalue weighted by Crippen LogP contribution is -2.21. The van der Waals surface area contributed by atoms with Crippen LogP contribution in [0.3, 0.4) is 0 Å². The highest BCUT2D eigenvalue weighted by Crippen LogP contribution is 2.26. The molecule has 1 unspecified atom stereocenters. The molecule has 15 heavy (non-hydrogen) atoms. The third-order valence-electron chi connectivity index (χ3n) is 2.40. The SMILES string of the molecule is CNCC(COC)c1ccccc1OC. The Morgan fingerprint density at radius 3 is 2.60 bits per heavy atom. The molecule has 3 heteroatoms. The minimum Gasteiger partial charge on any atom is -0.496 e. The average molecular weight is 209 g/mol. The fourth-order valence-corrected chi connectivity index (χ4v) is 1.71. The number of likely N-dealkylation sites (N-methyl/N-ethyl adjacent to an activating group) is 1. The van der Waals surface area contributed by atoms with Crippen molar-refractivity contribution in [2.24, 2.45) is 0 Å². The molecule has 1 atom stereocenters. The van der Waals surface area contributed by atoms with Crippen LogP contribution in [0.4, 0.5) is 0 Å². The van der Waals surface area contributed by atoms with Gasteiger partial charge in [-0.3, -0.25) is 0 Å². The van der Waals surface area contributed by atoms with E-state index in [9.17, 15) is 0 Å². The van der Waals surface area contributed by atoms with Gasteiger partial charge in [-0.15, -0.1) is 0 Å². The maximum atomic E-state index is 5.34. The molecule has 3 nitrogen and oxygen atoms in total. The lowest BCUT2D eigenvalue weighted by Gasteiger charge is -2.18. The van der Waals surface area contributed by atoms with Gasteiger partial charge >= 0.3 is 0 Å². The number of benzene rings is 1. The average Bonchev–Trinajstić information content (AvgIpc) is 2.29. The summed E-state index contributed by atoms with van der Waals surface area (Å²) in [6.45, 7) is 1.58. The van der Waals surface area contributed by atoms with E-state index in [1.54, 1.807) is 14.2 Å². The molecule has 1 rings (SSSR count). The molecular weight excluding hydrogens is 190 g/mol. The zero-order chi connectivity index (χ0) is 11.1. The molecule has 0 aliphatic heterocycles. The van der Waals surface area contributed by atoms with Gasteiger partial charge in [-0.05, 0) is 13.1 Å². The molecular formula is C12H19NO2. The number of rotatable bonds is 6. The van der Waals surface area contributed by atoms with Gasteiger partial charge in [0.15, 0.2) is 0 Å². The molecule has 0 spiro atoms. The van der Waals surface area contributed by atoms with Gasteiger partial charge in [0.2, 0.25) is 0 Å². The maximum Gasteiger partial charge on any atom is 0.122 e. The number of methoxy groups -OCH3 is 2. The van der Waals surface area contributed by atoms with Crippen molar-refractivity contribution in [3.05, 3.63) is 29.8 Å². The van der Waals surface area contributed by atoms with Crippen LogP contribution in [-0.2, 0) is 4.74 Å². The van der Waals surface area contributed by atoms with Gasteiger partial charge in [0.1, 0.15) is 5.75 Å². The summed E-state index contributed by atoms with van der Waals surface area (Å²) in [6, 6.07) is 8.06. The first-order valence-electron chi connectivity index (χ1n) is 5.10. The molecule has 0 amide bonds. The van der Waals surface area contributed by atoms with Crippen molar-refractivity contribution in [1.82, 2.24) is 5.32 Å². The Morgan fingerprint density at radius 2 is 2.00 bits per heavy atom. The Kier molecular flexibility index (Phi) is 5.15. The predicted octanol–water partition coefficient (Wildman–Crippen LogP) is 1.64. The number of para-hydroxylation sites is 1. The van der Waals surface area contributed by atoms with Crippen molar-refractivity contribution in [2.45, 2.75) is 5.92 Å². The summed E-state index contributed by atoms with van der Waals surface area (Å²) in [5.74, 6) is 1.26. The Labute approximate surface area is 91.4 Å². The van der Waals surface area contributed by atoms with Crippen LogP contribution in [0.25, 0.3) is 0 Å². The van der Waals surface area contributed by atoms with Crippen molar-refractivity contribution in [3.63, 3.8) is 0 Å². The van der Waals surface area contributed by atoms with E-state index < -0.39 is 0 Å². The largest absolute Gasteiger partial charge is 0.496 e. The van der Waals surface area contributed by atoms with E-state index in [1.807, 2.05) is 25.2 Å². The highest BCUT2D eigenvalue weighted by atomic mass is 16.5. The molecule has 0 fully saturated rings. The van der Waals surface area contributed by atoms with Crippen LogP contribution in [0.2, 0.25) is 0 Å². The standard InChI is InChI=1S/C12H19NO2/c1-13-8-10(9-14-2)11-6-4-5-7-12(11)15-3/h4-7,10,13H,8-9H2,1-3H3. The monoisotopic (exact) mass is 209 g/mol. The number of hydrogen-bond donors (Lipinski definition) is 1. The van der Waals surface area contributed by atoms with Crippen molar-refractivity contribution >= 4 is 0 Å². The molecule has 0 aromatic heterocycles. The molecule has 84 valence electrons. The molecule has 0 saturated carbocycles. The first kappa shape index (κ1) is 12.0. The van der Waals surface area contributed by atoms with Crippen molar-refractivity contribution < 1.29 is 9.47 Å². The normalized spacial score (nSPS) is 12.5. The zero-order valence-electron chi connectivity index (χ0n) is 9.62. The van der Waals surface area contributed by atoms with Crippen molar-refractivity contribution in [2.75, 3.05) is 34.4 Å². The maximum absolute atomic E-state index is 5.34. The number of hydrogen-bond acceptors (Lipinski definition) is 3. The highest BCUT2D eigenvalue weighted by Gasteiger charge is 2.14. The summed E-state index contributed by atoms with van der Waals surface area (Å²) in [5.41, 5.74) is 1.19. The minimum absolute atomic E-state index is 0.330. The molecule has 0 heterocycles. The van der Waals surface area contributed by atoms with Gasteiger partial charge in [0.05, 0.1) is 13.7 Å². The molecule has 1 N–H and O–H groups in total. The van der Waals surface area contributed by atoms with Gasteiger partial charge in [-0.25, -0.2) is 0 Å². The van der Waals surface area contributed by atoms with Crippen molar-refractivity contribution in [1.29, 1.82) is 0 Å². The third-order valence-corrected chi connectivity index (χ3v) is 2.40. The van der Waals surface area contributed by atoms with Crippen LogP contribution >= 0.6 is 0 Å². The third kappa shape index (κ3) is 3.22. The molecule has 0 saturated heterocycles. The second-order valence-electron chi connectivity index (χ2n) is 3.45. The molecule has 0 bridgehead atoms. The minimum atomic E-state index is 0.330. The van der Waals surface area contributed by atoms with E-state index in [4.69, 9.17) is 9.47 Å². The summed E-state index contributed by atoms with van der Waals surface area (Å²) in [6.07, 6.45) is 0. The van der Waals surface area contributed by atoms with E-state index in [0.29, 0.717) is 12.5 Å². The van der Waals surface area contributed by atoms with Gasteiger partial charge in [0, 0.05) is 25.1 Å². The quantitative estimate of drug-likeness (QED) is 0.772. The molecule has 0 radical (unpaired) electrons.